The fourth-order valence-electron chi connectivity index (χ4n) is 1.27. The molecule has 0 aromatic carbocycles. The predicted octanol–water partition coefficient (Wildman–Crippen LogP) is -0.0288. The molecular weight excluding hydrogens is 222 g/mol. The van der Waals surface area contributed by atoms with Crippen molar-refractivity contribution in [3.05, 3.63) is 0 Å². The van der Waals surface area contributed by atoms with Crippen LogP contribution < -0.4 is 16.0 Å². The van der Waals surface area contributed by atoms with Gasteiger partial charge in [-0.25, -0.2) is 4.79 Å². The van der Waals surface area contributed by atoms with Gasteiger partial charge in [-0.15, -0.1) is 0 Å². The minimum atomic E-state index is -0.510. The summed E-state index contributed by atoms with van der Waals surface area (Å²) in [6.45, 7) is 6.21. The number of carbonyl (C=O) groups excluding carboxylic acids is 2. The summed E-state index contributed by atoms with van der Waals surface area (Å²) >= 11 is 0. The second kappa shape index (κ2) is 8.95. The van der Waals surface area contributed by atoms with Crippen LogP contribution in [-0.4, -0.2) is 42.3 Å². The predicted molar refractivity (Wildman–Crippen MR) is 65.6 cm³/mol. The maximum absolute atomic E-state index is 11.5. The van der Waals surface area contributed by atoms with Gasteiger partial charge in [0.2, 0.25) is 5.91 Å². The van der Waals surface area contributed by atoms with E-state index in [1.165, 1.54) is 0 Å². The Morgan fingerprint density at radius 3 is 2.47 bits per heavy atom. The van der Waals surface area contributed by atoms with Crippen LogP contribution in [0.3, 0.4) is 0 Å². The molecule has 0 bridgehead atoms. The van der Waals surface area contributed by atoms with Crippen LogP contribution in [0.5, 0.6) is 0 Å². The number of hydrogen-bond donors (Lipinski definition) is 4. The molecule has 0 aliphatic carbocycles. The van der Waals surface area contributed by atoms with Crippen molar-refractivity contribution in [1.29, 1.82) is 0 Å². The fourth-order valence-corrected chi connectivity index (χ4v) is 1.27. The molecule has 0 radical (unpaired) electrons. The van der Waals surface area contributed by atoms with E-state index in [1.807, 2.05) is 6.92 Å². The molecular formula is C11H23N3O3. The number of rotatable bonds is 7. The molecule has 0 aromatic heterocycles. The summed E-state index contributed by atoms with van der Waals surface area (Å²) < 4.78 is 0. The molecule has 2 atom stereocenters. The van der Waals surface area contributed by atoms with Gasteiger partial charge in [0, 0.05) is 13.1 Å². The topological polar surface area (TPSA) is 90.5 Å². The molecule has 0 aromatic rings. The van der Waals surface area contributed by atoms with Gasteiger partial charge in [0.1, 0.15) is 0 Å². The van der Waals surface area contributed by atoms with Crippen molar-refractivity contribution >= 4 is 11.9 Å². The standard InChI is InChI=1S/C11H23N3O3/c1-4-6-9(15)7-13-8(3)10(16)14-11(17)12-5-2/h8-9,13,15H,4-7H2,1-3H3,(H2,12,14,16,17). The first-order chi connectivity index (χ1) is 8.01. The van der Waals surface area contributed by atoms with Crippen molar-refractivity contribution in [1.82, 2.24) is 16.0 Å². The first-order valence-electron chi connectivity index (χ1n) is 6.01. The van der Waals surface area contributed by atoms with Crippen LogP contribution in [0.25, 0.3) is 0 Å². The lowest BCUT2D eigenvalue weighted by molar-refractivity contribution is -0.121. The van der Waals surface area contributed by atoms with Crippen molar-refractivity contribution in [2.75, 3.05) is 13.1 Å². The highest BCUT2D eigenvalue weighted by atomic mass is 16.3. The Bertz CT molecular complexity index is 246. The summed E-state index contributed by atoms with van der Waals surface area (Å²) in [7, 11) is 0. The van der Waals surface area contributed by atoms with E-state index >= 15 is 0 Å². The Balaban J connectivity index is 3.85. The summed E-state index contributed by atoms with van der Waals surface area (Å²) in [4.78, 5) is 22.6. The molecule has 6 nitrogen and oxygen atoms in total. The Hall–Kier alpha value is -1.14. The van der Waals surface area contributed by atoms with Gasteiger partial charge in [-0.3, -0.25) is 10.1 Å². The van der Waals surface area contributed by atoms with Crippen molar-refractivity contribution in [3.63, 3.8) is 0 Å². The molecule has 4 N–H and O–H groups in total. The van der Waals surface area contributed by atoms with E-state index in [0.717, 1.165) is 6.42 Å². The van der Waals surface area contributed by atoms with E-state index in [4.69, 9.17) is 0 Å². The van der Waals surface area contributed by atoms with Gasteiger partial charge in [0.05, 0.1) is 12.1 Å². The van der Waals surface area contributed by atoms with E-state index < -0.39 is 24.1 Å². The Labute approximate surface area is 102 Å². The number of aliphatic hydroxyl groups is 1. The molecule has 0 rings (SSSR count). The third-order valence-corrected chi connectivity index (χ3v) is 2.25. The van der Waals surface area contributed by atoms with Crippen LogP contribution in [0, 0.1) is 0 Å². The second-order valence-electron chi connectivity index (χ2n) is 3.92. The maximum Gasteiger partial charge on any atom is 0.321 e. The van der Waals surface area contributed by atoms with Crippen LogP contribution in [-0.2, 0) is 4.79 Å². The number of urea groups is 1. The van der Waals surface area contributed by atoms with Gasteiger partial charge in [0.15, 0.2) is 0 Å². The Morgan fingerprint density at radius 1 is 1.29 bits per heavy atom. The van der Waals surface area contributed by atoms with Gasteiger partial charge in [-0.05, 0) is 20.3 Å². The molecule has 17 heavy (non-hydrogen) atoms. The summed E-state index contributed by atoms with van der Waals surface area (Å²) in [5, 5.41) is 17.0. The van der Waals surface area contributed by atoms with Crippen molar-refractivity contribution in [2.45, 2.75) is 45.8 Å². The molecule has 2 unspecified atom stereocenters. The highest BCUT2D eigenvalue weighted by molar-refractivity contribution is 5.96. The zero-order valence-corrected chi connectivity index (χ0v) is 10.7. The average Bonchev–Trinajstić information content (AvgIpc) is 2.26. The van der Waals surface area contributed by atoms with Gasteiger partial charge < -0.3 is 15.7 Å². The summed E-state index contributed by atoms with van der Waals surface area (Å²) in [6, 6.07) is -1.01. The summed E-state index contributed by atoms with van der Waals surface area (Å²) in [6.07, 6.45) is 1.12. The normalized spacial score (nSPS) is 13.9. The molecule has 0 spiro atoms. The summed E-state index contributed by atoms with van der Waals surface area (Å²) in [5.74, 6) is -0.403. The molecule has 0 saturated heterocycles. The molecule has 0 saturated carbocycles. The summed E-state index contributed by atoms with van der Waals surface area (Å²) in [5.41, 5.74) is 0. The lowest BCUT2D eigenvalue weighted by atomic mass is 10.2. The number of imide groups is 1. The van der Waals surface area contributed by atoms with E-state index in [0.29, 0.717) is 19.5 Å². The van der Waals surface area contributed by atoms with E-state index in [2.05, 4.69) is 16.0 Å². The van der Waals surface area contributed by atoms with Gasteiger partial charge in [-0.2, -0.15) is 0 Å². The zero-order valence-electron chi connectivity index (χ0n) is 10.7. The van der Waals surface area contributed by atoms with Crippen molar-refractivity contribution in [2.24, 2.45) is 0 Å². The Morgan fingerprint density at radius 2 is 1.94 bits per heavy atom. The Kier molecular flexibility index (Phi) is 8.35. The molecule has 3 amide bonds. The number of nitrogens with one attached hydrogen (secondary N) is 3. The third kappa shape index (κ3) is 7.70. The molecule has 100 valence electrons. The van der Waals surface area contributed by atoms with Crippen LogP contribution in [0.15, 0.2) is 0 Å². The zero-order chi connectivity index (χ0) is 13.3. The quantitative estimate of drug-likeness (QED) is 0.507. The number of aliphatic hydroxyl groups excluding tert-OH is 1. The SMILES string of the molecule is CCCC(O)CNC(C)C(=O)NC(=O)NCC. The van der Waals surface area contributed by atoms with Crippen LogP contribution in [0.1, 0.15) is 33.6 Å². The van der Waals surface area contributed by atoms with E-state index in [9.17, 15) is 14.7 Å². The van der Waals surface area contributed by atoms with Crippen molar-refractivity contribution in [3.8, 4) is 0 Å². The van der Waals surface area contributed by atoms with E-state index in [-0.39, 0.29) is 0 Å². The largest absolute Gasteiger partial charge is 0.392 e. The number of amides is 3. The van der Waals surface area contributed by atoms with Crippen LogP contribution in [0.2, 0.25) is 0 Å². The smallest absolute Gasteiger partial charge is 0.321 e. The molecule has 0 aliphatic heterocycles. The van der Waals surface area contributed by atoms with E-state index in [1.54, 1.807) is 13.8 Å². The molecule has 0 fully saturated rings. The van der Waals surface area contributed by atoms with Gasteiger partial charge in [-0.1, -0.05) is 13.3 Å². The molecule has 6 heteroatoms. The lowest BCUT2D eigenvalue weighted by Gasteiger charge is -2.16. The fraction of sp³-hybridized carbons (Fsp3) is 0.818. The lowest BCUT2D eigenvalue weighted by Crippen LogP contribution is -2.49. The number of hydrogen-bond acceptors (Lipinski definition) is 4. The first-order valence-corrected chi connectivity index (χ1v) is 6.01. The molecule has 0 heterocycles. The minimum Gasteiger partial charge on any atom is -0.392 e. The third-order valence-electron chi connectivity index (χ3n) is 2.25. The average molecular weight is 245 g/mol. The highest BCUT2D eigenvalue weighted by Gasteiger charge is 2.15. The van der Waals surface area contributed by atoms with Crippen molar-refractivity contribution < 1.29 is 14.7 Å². The van der Waals surface area contributed by atoms with Crippen LogP contribution in [0.4, 0.5) is 4.79 Å². The van der Waals surface area contributed by atoms with Gasteiger partial charge in [0.25, 0.3) is 0 Å². The van der Waals surface area contributed by atoms with Crippen LogP contribution >= 0.6 is 0 Å². The maximum atomic E-state index is 11.5. The highest BCUT2D eigenvalue weighted by Crippen LogP contribution is 1.94. The van der Waals surface area contributed by atoms with Gasteiger partial charge >= 0.3 is 6.03 Å². The minimum absolute atomic E-state index is 0.345. The number of carbonyl (C=O) groups is 2. The monoisotopic (exact) mass is 245 g/mol. The second-order valence-corrected chi connectivity index (χ2v) is 3.92. The first kappa shape index (κ1) is 15.9. The molecule has 0 aliphatic rings.